The highest BCUT2D eigenvalue weighted by molar-refractivity contribution is 6.00. The Morgan fingerprint density at radius 2 is 1.84 bits per heavy atom. The molecule has 0 bridgehead atoms. The highest BCUT2D eigenvalue weighted by atomic mass is 16.5. The molecule has 166 valence electrons. The first kappa shape index (κ1) is 21.4. The van der Waals surface area contributed by atoms with E-state index in [9.17, 15) is 9.59 Å². The molecule has 1 aromatic heterocycles. The van der Waals surface area contributed by atoms with Crippen molar-refractivity contribution >= 4 is 17.7 Å². The summed E-state index contributed by atoms with van der Waals surface area (Å²) in [7, 11) is 2.97. The number of carbonyl (C=O) groups is 2. The Morgan fingerprint density at radius 1 is 1.06 bits per heavy atom. The minimum atomic E-state index is -0.481. The van der Waals surface area contributed by atoms with Crippen LogP contribution in [-0.2, 0) is 4.74 Å². The Balaban J connectivity index is 1.37. The average Bonchev–Trinajstić information content (AvgIpc) is 3.34. The number of aromatic amines is 1. The third-order valence-electron chi connectivity index (χ3n) is 5.76. The largest absolute Gasteiger partial charge is 0.497 e. The van der Waals surface area contributed by atoms with Crippen LogP contribution in [0.1, 0.15) is 34.8 Å². The maximum Gasteiger partial charge on any atom is 0.339 e. The fourth-order valence-corrected chi connectivity index (χ4v) is 3.94. The van der Waals surface area contributed by atoms with Crippen molar-refractivity contribution in [3.8, 4) is 17.0 Å². The van der Waals surface area contributed by atoms with Crippen molar-refractivity contribution in [1.82, 2.24) is 15.1 Å². The van der Waals surface area contributed by atoms with Crippen LogP contribution in [0, 0.1) is 0 Å². The second-order valence-corrected chi connectivity index (χ2v) is 7.67. The number of aromatic nitrogens is 2. The van der Waals surface area contributed by atoms with Gasteiger partial charge >= 0.3 is 12.0 Å². The van der Waals surface area contributed by atoms with Gasteiger partial charge in [-0.15, -0.1) is 0 Å². The molecule has 0 atom stereocenters. The fourth-order valence-electron chi connectivity index (χ4n) is 3.94. The smallest absolute Gasteiger partial charge is 0.339 e. The van der Waals surface area contributed by atoms with Crippen LogP contribution in [0.25, 0.3) is 11.3 Å². The number of hydrogen-bond acceptors (Lipinski definition) is 5. The Bertz CT molecular complexity index is 1100. The van der Waals surface area contributed by atoms with E-state index in [2.05, 4.69) is 21.6 Å². The van der Waals surface area contributed by atoms with Crippen LogP contribution in [0.3, 0.4) is 0 Å². The molecule has 1 fully saturated rings. The number of benzene rings is 2. The monoisotopic (exact) mass is 434 g/mol. The van der Waals surface area contributed by atoms with Gasteiger partial charge in [0, 0.05) is 30.3 Å². The number of nitrogens with zero attached hydrogens (tertiary/aromatic N) is 2. The summed E-state index contributed by atoms with van der Waals surface area (Å²) in [6.07, 6.45) is 1.65. The number of methoxy groups -OCH3 is 2. The Kier molecular flexibility index (Phi) is 6.39. The van der Waals surface area contributed by atoms with E-state index < -0.39 is 5.97 Å². The van der Waals surface area contributed by atoms with Gasteiger partial charge in [-0.25, -0.2) is 9.59 Å². The second-order valence-electron chi connectivity index (χ2n) is 7.67. The third kappa shape index (κ3) is 4.59. The average molecular weight is 434 g/mol. The maximum absolute atomic E-state index is 12.8. The minimum Gasteiger partial charge on any atom is -0.497 e. The number of ether oxygens (including phenoxy) is 2. The molecule has 32 heavy (non-hydrogen) atoms. The number of amides is 2. The molecule has 1 aliphatic heterocycles. The SMILES string of the molecule is COC(=O)c1ccccc1NC(=O)N1CCC(c2cc(-c3cccc(OC)c3)n[nH]2)CC1. The first-order valence-electron chi connectivity index (χ1n) is 10.5. The summed E-state index contributed by atoms with van der Waals surface area (Å²) in [5.74, 6) is 0.610. The van der Waals surface area contributed by atoms with Gasteiger partial charge in [-0.2, -0.15) is 5.10 Å². The Labute approximate surface area is 186 Å². The van der Waals surface area contributed by atoms with Crippen molar-refractivity contribution in [1.29, 1.82) is 0 Å². The molecule has 2 aromatic carbocycles. The zero-order chi connectivity index (χ0) is 22.5. The Morgan fingerprint density at radius 3 is 2.59 bits per heavy atom. The van der Waals surface area contributed by atoms with Crippen molar-refractivity contribution in [2.24, 2.45) is 0 Å². The van der Waals surface area contributed by atoms with Gasteiger partial charge in [0.2, 0.25) is 0 Å². The summed E-state index contributed by atoms with van der Waals surface area (Å²) in [5, 5.41) is 10.5. The molecule has 1 saturated heterocycles. The summed E-state index contributed by atoms with van der Waals surface area (Å²) in [6, 6.07) is 16.5. The van der Waals surface area contributed by atoms with E-state index in [1.54, 1.807) is 36.3 Å². The lowest BCUT2D eigenvalue weighted by Crippen LogP contribution is -2.40. The van der Waals surface area contributed by atoms with E-state index in [-0.39, 0.29) is 6.03 Å². The van der Waals surface area contributed by atoms with Crippen LogP contribution in [0.5, 0.6) is 5.75 Å². The first-order chi connectivity index (χ1) is 15.6. The molecule has 0 radical (unpaired) electrons. The maximum atomic E-state index is 12.8. The van der Waals surface area contributed by atoms with Gasteiger partial charge in [-0.05, 0) is 43.2 Å². The number of carbonyl (C=O) groups excluding carboxylic acids is 2. The van der Waals surface area contributed by atoms with Crippen molar-refractivity contribution < 1.29 is 19.1 Å². The van der Waals surface area contributed by atoms with Gasteiger partial charge in [-0.1, -0.05) is 24.3 Å². The number of H-pyrrole nitrogens is 1. The summed E-state index contributed by atoms with van der Waals surface area (Å²) in [4.78, 5) is 26.5. The van der Waals surface area contributed by atoms with E-state index in [1.807, 2.05) is 24.3 Å². The molecule has 0 saturated carbocycles. The van der Waals surface area contributed by atoms with Crippen molar-refractivity contribution in [2.45, 2.75) is 18.8 Å². The number of piperidine rings is 1. The predicted molar refractivity (Wildman–Crippen MR) is 121 cm³/mol. The summed E-state index contributed by atoms with van der Waals surface area (Å²) < 4.78 is 10.1. The first-order valence-corrected chi connectivity index (χ1v) is 10.5. The molecule has 0 unspecified atom stereocenters. The molecule has 8 heteroatoms. The second kappa shape index (κ2) is 9.55. The lowest BCUT2D eigenvalue weighted by molar-refractivity contribution is 0.0602. The van der Waals surface area contributed by atoms with Crippen molar-refractivity contribution in [3.63, 3.8) is 0 Å². The van der Waals surface area contributed by atoms with Gasteiger partial charge in [0.1, 0.15) is 5.75 Å². The number of urea groups is 1. The normalized spacial score (nSPS) is 14.1. The standard InChI is InChI=1S/C24H26N4O4/c1-31-18-7-5-6-17(14-18)22-15-21(26-27-22)16-10-12-28(13-11-16)24(30)25-20-9-4-3-8-19(20)23(29)32-2/h3-9,14-16H,10-13H2,1-2H3,(H,25,30)(H,26,27). The number of esters is 1. The van der Waals surface area contributed by atoms with E-state index in [1.165, 1.54) is 7.11 Å². The molecular weight excluding hydrogens is 408 g/mol. The molecule has 2 amide bonds. The van der Waals surface area contributed by atoms with Gasteiger partial charge in [-0.3, -0.25) is 5.10 Å². The lowest BCUT2D eigenvalue weighted by atomic mass is 9.93. The summed E-state index contributed by atoms with van der Waals surface area (Å²) in [6.45, 7) is 1.23. The van der Waals surface area contributed by atoms with Crippen molar-refractivity contribution in [2.75, 3.05) is 32.6 Å². The summed E-state index contributed by atoms with van der Waals surface area (Å²) in [5.41, 5.74) is 3.72. The van der Waals surface area contributed by atoms with E-state index in [0.29, 0.717) is 30.3 Å². The van der Waals surface area contributed by atoms with Crippen LogP contribution in [-0.4, -0.2) is 54.4 Å². The molecule has 3 aromatic rings. The quantitative estimate of drug-likeness (QED) is 0.584. The summed E-state index contributed by atoms with van der Waals surface area (Å²) >= 11 is 0. The molecule has 8 nitrogen and oxygen atoms in total. The topological polar surface area (TPSA) is 96.6 Å². The Hall–Kier alpha value is -3.81. The molecule has 1 aliphatic rings. The van der Waals surface area contributed by atoms with Crippen LogP contribution in [0.15, 0.2) is 54.6 Å². The van der Waals surface area contributed by atoms with Crippen LogP contribution in [0.4, 0.5) is 10.5 Å². The highest BCUT2D eigenvalue weighted by Gasteiger charge is 2.26. The van der Waals surface area contributed by atoms with Gasteiger partial charge in [0.25, 0.3) is 0 Å². The number of hydrogen-bond donors (Lipinski definition) is 2. The number of anilines is 1. The fraction of sp³-hybridized carbons (Fsp3) is 0.292. The molecule has 2 N–H and O–H groups in total. The van der Waals surface area contributed by atoms with Crippen LogP contribution >= 0.6 is 0 Å². The zero-order valence-corrected chi connectivity index (χ0v) is 18.1. The van der Waals surface area contributed by atoms with Gasteiger partial charge < -0.3 is 19.7 Å². The van der Waals surface area contributed by atoms with E-state index >= 15 is 0 Å². The van der Waals surface area contributed by atoms with Crippen LogP contribution in [0.2, 0.25) is 0 Å². The molecule has 0 aliphatic carbocycles. The third-order valence-corrected chi connectivity index (χ3v) is 5.76. The molecular formula is C24H26N4O4. The lowest BCUT2D eigenvalue weighted by Gasteiger charge is -2.31. The predicted octanol–water partition coefficient (Wildman–Crippen LogP) is 4.28. The van der Waals surface area contributed by atoms with E-state index in [0.717, 1.165) is 35.5 Å². The van der Waals surface area contributed by atoms with E-state index in [4.69, 9.17) is 9.47 Å². The van der Waals surface area contributed by atoms with Gasteiger partial charge in [0.15, 0.2) is 0 Å². The molecule has 2 heterocycles. The molecule has 4 rings (SSSR count). The number of rotatable bonds is 5. The number of likely N-dealkylation sites (tertiary alicyclic amines) is 1. The number of para-hydroxylation sites is 1. The zero-order valence-electron chi connectivity index (χ0n) is 18.1. The number of nitrogens with one attached hydrogen (secondary N) is 2. The van der Waals surface area contributed by atoms with Crippen molar-refractivity contribution in [3.05, 3.63) is 65.9 Å². The minimum absolute atomic E-state index is 0.221. The molecule has 0 spiro atoms. The van der Waals surface area contributed by atoms with Gasteiger partial charge in [0.05, 0.1) is 31.2 Å². The van der Waals surface area contributed by atoms with Crippen LogP contribution < -0.4 is 10.1 Å². The highest BCUT2D eigenvalue weighted by Crippen LogP contribution is 2.30.